The molecule has 1 saturated carbocycles. The van der Waals surface area contributed by atoms with Gasteiger partial charge in [0.25, 0.3) is 11.8 Å². The summed E-state index contributed by atoms with van der Waals surface area (Å²) in [6.45, 7) is 4.97. The zero-order valence-corrected chi connectivity index (χ0v) is 18.6. The van der Waals surface area contributed by atoms with Crippen molar-refractivity contribution in [3.05, 3.63) is 41.3 Å². The van der Waals surface area contributed by atoms with Crippen molar-refractivity contribution in [3.8, 4) is 11.5 Å². The number of rotatable bonds is 11. The van der Waals surface area contributed by atoms with Gasteiger partial charge in [0, 0.05) is 24.2 Å². The lowest BCUT2D eigenvalue weighted by Crippen LogP contribution is -2.39. The number of hydrogen-bond acceptors (Lipinski definition) is 6. The smallest absolute Gasteiger partial charge is 0.273 e. The van der Waals surface area contributed by atoms with Crippen LogP contribution in [0.15, 0.2) is 28.8 Å². The van der Waals surface area contributed by atoms with Gasteiger partial charge in [-0.1, -0.05) is 19.0 Å². The minimum atomic E-state index is -0.248. The summed E-state index contributed by atoms with van der Waals surface area (Å²) in [6.07, 6.45) is 3.90. The fraction of sp³-hybridized carbons (Fsp3) is 0.522. The van der Waals surface area contributed by atoms with Crippen LogP contribution in [0.1, 0.15) is 66.1 Å². The normalized spacial score (nSPS) is 13.2. The highest BCUT2D eigenvalue weighted by atomic mass is 16.5. The van der Waals surface area contributed by atoms with Crippen LogP contribution in [0.5, 0.6) is 11.5 Å². The Morgan fingerprint density at radius 2 is 1.87 bits per heavy atom. The minimum Gasteiger partial charge on any atom is -0.493 e. The van der Waals surface area contributed by atoms with E-state index in [4.69, 9.17) is 14.0 Å². The molecule has 2 amide bonds. The Bertz CT molecular complexity index is 902. The molecule has 1 N–H and O–H groups in total. The number of hydrogen-bond donors (Lipinski definition) is 1. The van der Waals surface area contributed by atoms with Crippen molar-refractivity contribution in [2.24, 2.45) is 5.92 Å². The van der Waals surface area contributed by atoms with E-state index in [2.05, 4.69) is 10.5 Å². The number of amides is 2. The second-order valence-electron chi connectivity index (χ2n) is 7.81. The first-order valence-electron chi connectivity index (χ1n) is 10.8. The Balaban J connectivity index is 1.78. The number of carbonyl (C=O) groups excluding carboxylic acids is 2. The van der Waals surface area contributed by atoms with Crippen LogP contribution >= 0.6 is 0 Å². The lowest BCUT2D eigenvalue weighted by molar-refractivity contribution is 0.0627. The Kier molecular flexibility index (Phi) is 7.55. The average molecular weight is 430 g/mol. The number of carbonyl (C=O) groups is 2. The molecule has 1 aromatic carbocycles. The summed E-state index contributed by atoms with van der Waals surface area (Å²) in [5, 5.41) is 6.78. The Morgan fingerprint density at radius 1 is 1.16 bits per heavy atom. The molecule has 31 heavy (non-hydrogen) atoms. The molecule has 0 saturated heterocycles. The number of ether oxygens (including phenoxy) is 2. The van der Waals surface area contributed by atoms with Gasteiger partial charge >= 0.3 is 0 Å². The molecule has 1 aliphatic rings. The molecule has 3 rings (SSSR count). The largest absolute Gasteiger partial charge is 0.493 e. The molecule has 1 aliphatic carbocycles. The van der Waals surface area contributed by atoms with Crippen LogP contribution in [0, 0.1) is 5.92 Å². The maximum absolute atomic E-state index is 13.4. The quantitative estimate of drug-likeness (QED) is 0.586. The molecular weight excluding hydrogens is 398 g/mol. The van der Waals surface area contributed by atoms with Gasteiger partial charge in [0.2, 0.25) is 0 Å². The molecule has 0 atom stereocenters. The van der Waals surface area contributed by atoms with Crippen molar-refractivity contribution in [1.29, 1.82) is 0 Å². The number of aromatic nitrogens is 1. The number of nitrogens with one attached hydrogen (secondary N) is 1. The number of nitrogens with zero attached hydrogens (tertiary/aromatic N) is 2. The van der Waals surface area contributed by atoms with Crippen LogP contribution in [0.25, 0.3) is 0 Å². The zero-order valence-electron chi connectivity index (χ0n) is 18.6. The average Bonchev–Trinajstić information content (AvgIpc) is 3.52. The first-order chi connectivity index (χ1) is 15.0. The molecule has 0 spiro atoms. The summed E-state index contributed by atoms with van der Waals surface area (Å²) in [6, 6.07) is 6.73. The zero-order chi connectivity index (χ0) is 22.4. The second-order valence-corrected chi connectivity index (χ2v) is 7.81. The van der Waals surface area contributed by atoms with Gasteiger partial charge in [-0.3, -0.25) is 9.59 Å². The third kappa shape index (κ3) is 5.57. The van der Waals surface area contributed by atoms with Gasteiger partial charge in [0.15, 0.2) is 23.0 Å². The van der Waals surface area contributed by atoms with E-state index >= 15 is 0 Å². The van der Waals surface area contributed by atoms with E-state index in [-0.39, 0.29) is 30.1 Å². The molecule has 0 aliphatic heterocycles. The van der Waals surface area contributed by atoms with Crippen molar-refractivity contribution < 1.29 is 23.6 Å². The highest BCUT2D eigenvalue weighted by molar-refractivity contribution is 5.95. The van der Waals surface area contributed by atoms with E-state index in [1.807, 2.05) is 13.8 Å². The van der Waals surface area contributed by atoms with Crippen LogP contribution < -0.4 is 14.8 Å². The van der Waals surface area contributed by atoms with E-state index in [1.54, 1.807) is 36.3 Å². The fourth-order valence-corrected chi connectivity index (χ4v) is 3.54. The van der Waals surface area contributed by atoms with Gasteiger partial charge in [-0.05, 0) is 49.8 Å². The van der Waals surface area contributed by atoms with E-state index in [0.29, 0.717) is 35.3 Å². The molecule has 8 heteroatoms. The maximum Gasteiger partial charge on any atom is 0.273 e. The summed E-state index contributed by atoms with van der Waals surface area (Å²) in [4.78, 5) is 27.4. The molecule has 0 bridgehead atoms. The molecule has 168 valence electrons. The molecule has 0 unspecified atom stereocenters. The summed E-state index contributed by atoms with van der Waals surface area (Å²) >= 11 is 0. The molecule has 1 heterocycles. The standard InChI is InChI=1S/C23H31N3O5/c1-5-17(6-2)26(23(28)16-9-10-20(29-3)21(11-16)30-4)14-18-12-19(25-31-18)22(27)24-13-15-7-8-15/h9-12,15,17H,5-8,13-14H2,1-4H3,(H,24,27). The van der Waals surface area contributed by atoms with Crippen molar-refractivity contribution in [1.82, 2.24) is 15.4 Å². The number of benzene rings is 1. The summed E-state index contributed by atoms with van der Waals surface area (Å²) in [5.74, 6) is 1.71. The predicted octanol–water partition coefficient (Wildman–Crippen LogP) is 3.66. The number of methoxy groups -OCH3 is 2. The lowest BCUT2D eigenvalue weighted by Gasteiger charge is -2.30. The lowest BCUT2D eigenvalue weighted by atomic mass is 10.1. The monoisotopic (exact) mass is 429 g/mol. The van der Waals surface area contributed by atoms with Gasteiger partial charge in [0.05, 0.1) is 20.8 Å². The molecule has 1 aromatic heterocycles. The topological polar surface area (TPSA) is 93.9 Å². The predicted molar refractivity (Wildman–Crippen MR) is 115 cm³/mol. The molecule has 2 aromatic rings. The van der Waals surface area contributed by atoms with Crippen molar-refractivity contribution >= 4 is 11.8 Å². The highest BCUT2D eigenvalue weighted by Gasteiger charge is 2.26. The summed E-state index contributed by atoms with van der Waals surface area (Å²) in [5.41, 5.74) is 0.727. The second kappa shape index (κ2) is 10.3. The van der Waals surface area contributed by atoms with Gasteiger partial charge in [-0.2, -0.15) is 0 Å². The van der Waals surface area contributed by atoms with Crippen LogP contribution in [0.4, 0.5) is 0 Å². The van der Waals surface area contributed by atoms with E-state index in [1.165, 1.54) is 7.11 Å². The van der Waals surface area contributed by atoms with E-state index in [9.17, 15) is 9.59 Å². The van der Waals surface area contributed by atoms with Crippen molar-refractivity contribution in [2.75, 3.05) is 20.8 Å². The van der Waals surface area contributed by atoms with Gasteiger partial charge < -0.3 is 24.2 Å². The Hall–Kier alpha value is -3.03. The summed E-state index contributed by atoms with van der Waals surface area (Å²) < 4.78 is 16.0. The van der Waals surface area contributed by atoms with Crippen LogP contribution in [0.2, 0.25) is 0 Å². The Morgan fingerprint density at radius 3 is 2.48 bits per heavy atom. The minimum absolute atomic E-state index is 0.0119. The molecule has 8 nitrogen and oxygen atoms in total. The van der Waals surface area contributed by atoms with Gasteiger partial charge in [-0.25, -0.2) is 0 Å². The summed E-state index contributed by atoms with van der Waals surface area (Å²) in [7, 11) is 3.09. The van der Waals surface area contributed by atoms with Crippen LogP contribution in [0.3, 0.4) is 0 Å². The first kappa shape index (κ1) is 22.7. The van der Waals surface area contributed by atoms with E-state index in [0.717, 1.165) is 25.7 Å². The first-order valence-corrected chi connectivity index (χ1v) is 10.8. The molecule has 0 radical (unpaired) electrons. The molecule has 1 fully saturated rings. The third-order valence-corrected chi connectivity index (χ3v) is 5.64. The highest BCUT2D eigenvalue weighted by Crippen LogP contribution is 2.29. The fourth-order valence-electron chi connectivity index (χ4n) is 3.54. The van der Waals surface area contributed by atoms with E-state index < -0.39 is 0 Å². The van der Waals surface area contributed by atoms with Gasteiger partial charge in [0.1, 0.15) is 0 Å². The Labute approximate surface area is 182 Å². The molecular formula is C23H31N3O5. The van der Waals surface area contributed by atoms with Gasteiger partial charge in [-0.15, -0.1) is 0 Å². The van der Waals surface area contributed by atoms with Crippen LogP contribution in [-0.2, 0) is 6.54 Å². The third-order valence-electron chi connectivity index (χ3n) is 5.64. The van der Waals surface area contributed by atoms with Crippen molar-refractivity contribution in [2.45, 2.75) is 52.1 Å². The van der Waals surface area contributed by atoms with Crippen LogP contribution in [-0.4, -0.2) is 48.7 Å². The SMILES string of the molecule is CCC(CC)N(Cc1cc(C(=O)NCC2CC2)no1)C(=O)c1ccc(OC)c(OC)c1. The van der Waals surface area contributed by atoms with Crippen molar-refractivity contribution in [3.63, 3.8) is 0 Å². The maximum atomic E-state index is 13.4.